The van der Waals surface area contributed by atoms with Crippen LogP contribution in [-0.2, 0) is 12.7 Å². The fourth-order valence-corrected chi connectivity index (χ4v) is 5.45. The number of anilines is 5. The summed E-state index contributed by atoms with van der Waals surface area (Å²) >= 11 is 0. The lowest BCUT2D eigenvalue weighted by Crippen LogP contribution is -2.25. The monoisotopic (exact) mass is 561 g/mol. The van der Waals surface area contributed by atoms with E-state index in [1.165, 1.54) is 18.2 Å². The highest BCUT2D eigenvalue weighted by molar-refractivity contribution is 6.04. The molecule has 0 bridgehead atoms. The molecule has 2 saturated heterocycles. The second kappa shape index (κ2) is 10.1. The van der Waals surface area contributed by atoms with Gasteiger partial charge in [0.1, 0.15) is 11.4 Å². The van der Waals surface area contributed by atoms with E-state index < -0.39 is 30.1 Å². The van der Waals surface area contributed by atoms with E-state index in [0.717, 1.165) is 26.2 Å². The van der Waals surface area contributed by atoms with Crippen LogP contribution in [0.15, 0.2) is 42.6 Å². The third kappa shape index (κ3) is 5.06. The molecule has 2 unspecified atom stereocenters. The van der Waals surface area contributed by atoms with Gasteiger partial charge < -0.3 is 30.9 Å². The predicted molar refractivity (Wildman–Crippen MR) is 136 cm³/mol. The van der Waals surface area contributed by atoms with Crippen molar-refractivity contribution in [1.29, 1.82) is 0 Å². The molecule has 2 aromatic carbocycles. The number of carbonyl (C=O) groups excluding carboxylic acids is 1. The molecular weight excluding hydrogens is 537 g/mol. The predicted octanol–water partition coefficient (Wildman–Crippen LogP) is 4.48. The molecule has 14 heteroatoms. The molecule has 2 fully saturated rings. The zero-order valence-electron chi connectivity index (χ0n) is 20.9. The number of nitrogens with zero attached hydrogens (tertiary/aromatic N) is 3. The Bertz CT molecular complexity index is 1440. The standard InChI is InChI=1S/C26H24F5N7O2/c27-24(28)40-20-6-16(38-11-14-7-32-8-15(14)12-38)4-5-18(20)36-25-34-10-17(26(29,30)31)22(37-25)35-19-3-1-2-13-9-33-23(39)21(13)19/h1-6,10,14-15,24,32H,7-9,11-12H2,(H,33,39)(H2,34,35,36,37). The van der Waals surface area contributed by atoms with Crippen molar-refractivity contribution in [1.82, 2.24) is 20.6 Å². The van der Waals surface area contributed by atoms with Gasteiger partial charge in [-0.3, -0.25) is 4.79 Å². The van der Waals surface area contributed by atoms with Gasteiger partial charge in [-0.05, 0) is 35.6 Å². The maximum absolute atomic E-state index is 13.8. The number of ether oxygens (including phenoxy) is 1. The molecule has 40 heavy (non-hydrogen) atoms. The molecule has 0 radical (unpaired) electrons. The van der Waals surface area contributed by atoms with E-state index in [-0.39, 0.29) is 35.2 Å². The summed E-state index contributed by atoms with van der Waals surface area (Å²) in [5, 5.41) is 11.3. The first kappa shape index (κ1) is 26.0. The molecule has 3 aliphatic heterocycles. The smallest absolute Gasteiger partial charge is 0.421 e. The van der Waals surface area contributed by atoms with Crippen LogP contribution in [0.25, 0.3) is 0 Å². The minimum atomic E-state index is -4.81. The van der Waals surface area contributed by atoms with Crippen molar-refractivity contribution in [2.45, 2.75) is 19.3 Å². The quantitative estimate of drug-likeness (QED) is 0.313. The van der Waals surface area contributed by atoms with Crippen LogP contribution < -0.4 is 30.9 Å². The molecule has 3 aliphatic rings. The van der Waals surface area contributed by atoms with E-state index in [1.54, 1.807) is 18.2 Å². The average Bonchev–Trinajstić information content (AvgIpc) is 3.60. The molecule has 3 aromatic rings. The van der Waals surface area contributed by atoms with Crippen LogP contribution >= 0.6 is 0 Å². The van der Waals surface area contributed by atoms with Crippen molar-refractivity contribution in [2.75, 3.05) is 41.7 Å². The Morgan fingerprint density at radius 3 is 2.55 bits per heavy atom. The van der Waals surface area contributed by atoms with Crippen LogP contribution in [0, 0.1) is 11.8 Å². The van der Waals surface area contributed by atoms with Crippen LogP contribution in [0.2, 0.25) is 0 Å². The fraction of sp³-hybridized carbons (Fsp3) is 0.346. The van der Waals surface area contributed by atoms with Crippen molar-refractivity contribution in [3.63, 3.8) is 0 Å². The lowest BCUT2D eigenvalue weighted by molar-refractivity contribution is -0.137. The minimum Gasteiger partial charge on any atom is -0.433 e. The van der Waals surface area contributed by atoms with Crippen LogP contribution in [-0.4, -0.2) is 48.7 Å². The molecule has 6 rings (SSSR count). The molecule has 0 spiro atoms. The molecule has 210 valence electrons. The van der Waals surface area contributed by atoms with Crippen LogP contribution in [0.4, 0.5) is 50.8 Å². The molecule has 0 aliphatic carbocycles. The Morgan fingerprint density at radius 2 is 1.82 bits per heavy atom. The van der Waals surface area contributed by atoms with Gasteiger partial charge in [0.05, 0.1) is 16.9 Å². The normalized spacial score (nSPS) is 19.9. The summed E-state index contributed by atoms with van der Waals surface area (Å²) in [6.45, 7) is 0.479. The number of hydrogen-bond acceptors (Lipinski definition) is 8. The van der Waals surface area contributed by atoms with E-state index >= 15 is 0 Å². The highest BCUT2D eigenvalue weighted by Gasteiger charge is 2.37. The van der Waals surface area contributed by atoms with Gasteiger partial charge in [-0.1, -0.05) is 12.1 Å². The summed E-state index contributed by atoms with van der Waals surface area (Å²) in [5.41, 5.74) is 0.566. The molecule has 1 aromatic heterocycles. The number of carbonyl (C=O) groups is 1. The van der Waals surface area contributed by atoms with Gasteiger partial charge in [0.2, 0.25) is 5.95 Å². The average molecular weight is 562 g/mol. The van der Waals surface area contributed by atoms with Gasteiger partial charge in [-0.15, -0.1) is 0 Å². The third-order valence-corrected chi connectivity index (χ3v) is 7.35. The highest BCUT2D eigenvalue weighted by atomic mass is 19.4. The summed E-state index contributed by atoms with van der Waals surface area (Å²) < 4.78 is 72.8. The summed E-state index contributed by atoms with van der Waals surface area (Å²) in [5.74, 6) is -0.574. The van der Waals surface area contributed by atoms with Crippen LogP contribution in [0.3, 0.4) is 0 Å². The number of alkyl halides is 5. The van der Waals surface area contributed by atoms with E-state index in [9.17, 15) is 26.7 Å². The number of hydrogen-bond donors (Lipinski definition) is 4. The number of halogens is 5. The van der Waals surface area contributed by atoms with Gasteiger partial charge in [0, 0.05) is 50.7 Å². The van der Waals surface area contributed by atoms with E-state index in [1.807, 2.05) is 0 Å². The minimum absolute atomic E-state index is 0.0517. The number of rotatable bonds is 7. The lowest BCUT2D eigenvalue weighted by Gasteiger charge is -2.22. The first-order valence-electron chi connectivity index (χ1n) is 12.6. The lowest BCUT2D eigenvalue weighted by atomic mass is 10.0. The van der Waals surface area contributed by atoms with E-state index in [2.05, 4.69) is 36.1 Å². The second-order valence-electron chi connectivity index (χ2n) is 9.87. The molecule has 2 atom stereocenters. The van der Waals surface area contributed by atoms with Crippen LogP contribution in [0.5, 0.6) is 5.75 Å². The number of aromatic nitrogens is 2. The Balaban J connectivity index is 1.31. The number of benzene rings is 2. The van der Waals surface area contributed by atoms with E-state index in [0.29, 0.717) is 29.3 Å². The van der Waals surface area contributed by atoms with Gasteiger partial charge in [0.15, 0.2) is 5.75 Å². The SMILES string of the molecule is O=C1NCc2cccc(Nc3nc(Nc4ccc(N5CC6CNCC6C5)cc4OC(F)F)ncc3C(F)(F)F)c21. The zero-order valence-corrected chi connectivity index (χ0v) is 20.9. The third-order valence-electron chi connectivity index (χ3n) is 7.35. The summed E-state index contributed by atoms with van der Waals surface area (Å²) in [6, 6.07) is 9.46. The largest absolute Gasteiger partial charge is 0.433 e. The van der Waals surface area contributed by atoms with Crippen LogP contribution in [0.1, 0.15) is 21.5 Å². The Labute approximate surface area is 225 Å². The number of fused-ring (bicyclic) bond motifs is 2. The Hall–Kier alpha value is -4.20. The Kier molecular flexibility index (Phi) is 6.56. The van der Waals surface area contributed by atoms with Gasteiger partial charge in [-0.2, -0.15) is 26.9 Å². The Morgan fingerprint density at radius 1 is 1.05 bits per heavy atom. The molecule has 1 amide bonds. The van der Waals surface area contributed by atoms with Crippen molar-refractivity contribution < 1.29 is 31.5 Å². The molecular formula is C26H24F5N7O2. The van der Waals surface area contributed by atoms with Crippen molar-refractivity contribution in [3.8, 4) is 5.75 Å². The molecule has 4 heterocycles. The van der Waals surface area contributed by atoms with Gasteiger partial charge in [0.25, 0.3) is 5.91 Å². The van der Waals surface area contributed by atoms with Crippen molar-refractivity contribution in [3.05, 3.63) is 59.3 Å². The maximum atomic E-state index is 13.8. The second-order valence-corrected chi connectivity index (χ2v) is 9.87. The van der Waals surface area contributed by atoms with Gasteiger partial charge >= 0.3 is 12.8 Å². The fourth-order valence-electron chi connectivity index (χ4n) is 5.45. The topological polar surface area (TPSA) is 103 Å². The number of amides is 1. The van der Waals surface area contributed by atoms with Gasteiger partial charge in [-0.25, -0.2) is 4.98 Å². The summed E-state index contributed by atoms with van der Waals surface area (Å²) in [6.07, 6.45) is -4.23. The first-order chi connectivity index (χ1) is 19.2. The highest BCUT2D eigenvalue weighted by Crippen LogP contribution is 2.39. The molecule has 4 N–H and O–H groups in total. The maximum Gasteiger partial charge on any atom is 0.421 e. The zero-order chi connectivity index (χ0) is 28.0. The molecule has 9 nitrogen and oxygen atoms in total. The summed E-state index contributed by atoms with van der Waals surface area (Å²) in [4.78, 5) is 22.1. The number of nitrogens with one attached hydrogen (secondary N) is 4. The van der Waals surface area contributed by atoms with Crippen molar-refractivity contribution >= 4 is 34.7 Å². The van der Waals surface area contributed by atoms with Crippen molar-refractivity contribution in [2.24, 2.45) is 11.8 Å². The first-order valence-corrected chi connectivity index (χ1v) is 12.6. The van der Waals surface area contributed by atoms with E-state index in [4.69, 9.17) is 4.74 Å². The summed E-state index contributed by atoms with van der Waals surface area (Å²) in [7, 11) is 0. The molecule has 0 saturated carbocycles.